The maximum Gasteiger partial charge on any atom is 0.311 e. The predicted molar refractivity (Wildman–Crippen MR) is 147 cm³/mol. The van der Waals surface area contributed by atoms with Gasteiger partial charge in [0.05, 0.1) is 11.0 Å². The SMILES string of the molecule is CC(Cc1ccc(O)cc1)N(Cc1ccccc1)CC(O)c1ccc(OCc2ccccc2)c([N+](=O)[O-])c1. The number of aliphatic hydroxyl groups is 1. The number of phenolic OH excluding ortho intramolecular Hbond substituents is 1. The first kappa shape index (κ1) is 26.9. The van der Waals surface area contributed by atoms with E-state index in [9.17, 15) is 20.3 Å². The highest BCUT2D eigenvalue weighted by Crippen LogP contribution is 2.31. The van der Waals surface area contributed by atoms with Gasteiger partial charge in [0, 0.05) is 25.2 Å². The van der Waals surface area contributed by atoms with E-state index >= 15 is 0 Å². The molecule has 7 nitrogen and oxygen atoms in total. The maximum absolute atomic E-state index is 11.8. The summed E-state index contributed by atoms with van der Waals surface area (Å²) < 4.78 is 5.74. The lowest BCUT2D eigenvalue weighted by molar-refractivity contribution is -0.386. The topological polar surface area (TPSA) is 96.1 Å². The average molecular weight is 513 g/mol. The van der Waals surface area contributed by atoms with E-state index in [-0.39, 0.29) is 36.4 Å². The highest BCUT2D eigenvalue weighted by atomic mass is 16.6. The fourth-order valence-corrected chi connectivity index (χ4v) is 4.39. The van der Waals surface area contributed by atoms with Crippen LogP contribution in [0.4, 0.5) is 5.69 Å². The van der Waals surface area contributed by atoms with Gasteiger partial charge in [-0.3, -0.25) is 15.0 Å². The van der Waals surface area contributed by atoms with E-state index in [1.165, 1.54) is 6.07 Å². The fraction of sp³-hybridized carbons (Fsp3) is 0.226. The van der Waals surface area contributed by atoms with Crippen LogP contribution in [0.5, 0.6) is 11.5 Å². The molecule has 0 amide bonds. The van der Waals surface area contributed by atoms with E-state index in [1.807, 2.05) is 72.8 Å². The molecule has 0 fully saturated rings. The van der Waals surface area contributed by atoms with Crippen LogP contribution in [0.25, 0.3) is 0 Å². The number of hydrogen-bond acceptors (Lipinski definition) is 6. The van der Waals surface area contributed by atoms with Crippen LogP contribution in [0, 0.1) is 10.1 Å². The quantitative estimate of drug-likeness (QED) is 0.177. The van der Waals surface area contributed by atoms with Crippen LogP contribution in [0.15, 0.2) is 103 Å². The Morgan fingerprint density at radius 3 is 2.13 bits per heavy atom. The third kappa shape index (κ3) is 7.41. The molecule has 4 aromatic carbocycles. The molecule has 4 rings (SSSR count). The molecule has 2 atom stereocenters. The van der Waals surface area contributed by atoms with Crippen molar-refractivity contribution in [2.75, 3.05) is 6.54 Å². The van der Waals surface area contributed by atoms with Crippen molar-refractivity contribution in [3.05, 3.63) is 135 Å². The number of hydrogen-bond donors (Lipinski definition) is 2. The Bertz CT molecular complexity index is 1310. The molecule has 0 aliphatic heterocycles. The number of phenols is 1. The van der Waals surface area contributed by atoms with Crippen molar-refractivity contribution < 1.29 is 19.9 Å². The lowest BCUT2D eigenvalue weighted by Gasteiger charge is -2.31. The molecule has 0 radical (unpaired) electrons. The van der Waals surface area contributed by atoms with E-state index in [0.717, 1.165) is 16.7 Å². The molecule has 0 aliphatic rings. The van der Waals surface area contributed by atoms with Gasteiger partial charge in [-0.05, 0) is 53.8 Å². The molecule has 2 unspecified atom stereocenters. The number of aromatic hydroxyl groups is 1. The molecule has 2 N–H and O–H groups in total. The van der Waals surface area contributed by atoms with Crippen LogP contribution in [0.2, 0.25) is 0 Å². The van der Waals surface area contributed by atoms with Gasteiger partial charge in [0.1, 0.15) is 12.4 Å². The van der Waals surface area contributed by atoms with E-state index in [4.69, 9.17) is 4.74 Å². The third-order valence-electron chi connectivity index (χ3n) is 6.53. The summed E-state index contributed by atoms with van der Waals surface area (Å²) in [4.78, 5) is 13.5. The Morgan fingerprint density at radius 1 is 0.868 bits per heavy atom. The minimum atomic E-state index is -0.942. The monoisotopic (exact) mass is 512 g/mol. The second-order valence-corrected chi connectivity index (χ2v) is 9.41. The second-order valence-electron chi connectivity index (χ2n) is 9.41. The normalized spacial score (nSPS) is 12.7. The van der Waals surface area contributed by atoms with Crippen molar-refractivity contribution in [2.24, 2.45) is 0 Å². The van der Waals surface area contributed by atoms with Crippen LogP contribution in [0.3, 0.4) is 0 Å². The first-order chi connectivity index (χ1) is 18.4. The maximum atomic E-state index is 11.8. The van der Waals surface area contributed by atoms with Crippen LogP contribution >= 0.6 is 0 Å². The number of nitro benzene ring substituents is 1. The highest BCUT2D eigenvalue weighted by molar-refractivity contribution is 5.49. The number of nitro groups is 1. The molecule has 4 aromatic rings. The smallest absolute Gasteiger partial charge is 0.311 e. The van der Waals surface area contributed by atoms with E-state index in [2.05, 4.69) is 11.8 Å². The molecular weight excluding hydrogens is 480 g/mol. The minimum Gasteiger partial charge on any atom is -0.508 e. The second kappa shape index (κ2) is 12.9. The zero-order valence-corrected chi connectivity index (χ0v) is 21.3. The molecule has 0 saturated carbocycles. The van der Waals surface area contributed by atoms with Gasteiger partial charge in [-0.1, -0.05) is 78.9 Å². The summed E-state index contributed by atoms with van der Waals surface area (Å²) in [5.74, 6) is 0.382. The van der Waals surface area contributed by atoms with Gasteiger partial charge in [-0.25, -0.2) is 0 Å². The number of rotatable bonds is 12. The van der Waals surface area contributed by atoms with Crippen LogP contribution in [-0.4, -0.2) is 32.6 Å². The van der Waals surface area contributed by atoms with Crippen molar-refractivity contribution in [3.8, 4) is 11.5 Å². The predicted octanol–water partition coefficient (Wildman–Crippen LogP) is 6.05. The molecule has 196 valence electrons. The molecule has 0 aromatic heterocycles. The summed E-state index contributed by atoms with van der Waals surface area (Å²) in [6, 6.07) is 31.3. The number of aliphatic hydroxyl groups excluding tert-OH is 1. The summed E-state index contributed by atoms with van der Waals surface area (Å²) in [7, 11) is 0. The lowest BCUT2D eigenvalue weighted by Crippen LogP contribution is -2.37. The van der Waals surface area contributed by atoms with E-state index < -0.39 is 11.0 Å². The first-order valence-electron chi connectivity index (χ1n) is 12.6. The Morgan fingerprint density at radius 2 is 1.50 bits per heavy atom. The van der Waals surface area contributed by atoms with Gasteiger partial charge in [0.25, 0.3) is 0 Å². The molecule has 0 saturated heterocycles. The zero-order chi connectivity index (χ0) is 26.9. The molecule has 38 heavy (non-hydrogen) atoms. The Balaban J connectivity index is 1.51. The summed E-state index contributed by atoms with van der Waals surface area (Å²) >= 11 is 0. The van der Waals surface area contributed by atoms with Crippen molar-refractivity contribution in [1.29, 1.82) is 0 Å². The van der Waals surface area contributed by atoms with E-state index in [1.54, 1.807) is 24.3 Å². The van der Waals surface area contributed by atoms with Crippen LogP contribution < -0.4 is 4.74 Å². The average Bonchev–Trinajstić information content (AvgIpc) is 2.93. The summed E-state index contributed by atoms with van der Waals surface area (Å²) in [5, 5.41) is 32.6. The van der Waals surface area contributed by atoms with Crippen molar-refractivity contribution in [2.45, 2.75) is 38.6 Å². The molecule has 0 aliphatic carbocycles. The van der Waals surface area contributed by atoms with Crippen molar-refractivity contribution >= 4 is 5.69 Å². The van der Waals surface area contributed by atoms with Gasteiger partial charge >= 0.3 is 5.69 Å². The summed E-state index contributed by atoms with van der Waals surface area (Å²) in [5.41, 5.74) is 3.36. The van der Waals surface area contributed by atoms with E-state index in [0.29, 0.717) is 18.5 Å². The van der Waals surface area contributed by atoms with Crippen LogP contribution in [-0.2, 0) is 19.6 Å². The largest absolute Gasteiger partial charge is 0.508 e. The Labute approximate surface area is 222 Å². The molecule has 7 heteroatoms. The molecule has 0 bridgehead atoms. The van der Waals surface area contributed by atoms with Gasteiger partial charge in [-0.2, -0.15) is 0 Å². The number of ether oxygens (including phenoxy) is 1. The number of benzene rings is 4. The fourth-order valence-electron chi connectivity index (χ4n) is 4.39. The van der Waals surface area contributed by atoms with Gasteiger partial charge in [0.2, 0.25) is 0 Å². The Kier molecular flexibility index (Phi) is 9.08. The Hall–Kier alpha value is -4.20. The van der Waals surface area contributed by atoms with Gasteiger partial charge < -0.3 is 14.9 Å². The first-order valence-corrected chi connectivity index (χ1v) is 12.6. The minimum absolute atomic E-state index is 0.0536. The highest BCUT2D eigenvalue weighted by Gasteiger charge is 2.23. The lowest BCUT2D eigenvalue weighted by atomic mass is 10.0. The van der Waals surface area contributed by atoms with Gasteiger partial charge in [0.15, 0.2) is 5.75 Å². The summed E-state index contributed by atoms with van der Waals surface area (Å²) in [6.07, 6.45) is -0.227. The molecule has 0 spiro atoms. The molecule has 0 heterocycles. The standard InChI is InChI=1S/C31H32N2O5/c1-23(18-24-12-15-28(34)16-13-24)32(20-25-8-4-2-5-9-25)21-30(35)27-14-17-31(29(19-27)33(36)37)38-22-26-10-6-3-7-11-26/h2-17,19,23,30,34-35H,18,20-22H2,1H3. The zero-order valence-electron chi connectivity index (χ0n) is 21.3. The third-order valence-corrected chi connectivity index (χ3v) is 6.53. The summed E-state index contributed by atoms with van der Waals surface area (Å²) in [6.45, 7) is 3.20. The van der Waals surface area contributed by atoms with Crippen molar-refractivity contribution in [1.82, 2.24) is 4.90 Å². The number of nitrogens with zero attached hydrogens (tertiary/aromatic N) is 2. The molecular formula is C31H32N2O5. The van der Waals surface area contributed by atoms with Crippen molar-refractivity contribution in [3.63, 3.8) is 0 Å². The van der Waals surface area contributed by atoms with Gasteiger partial charge in [-0.15, -0.1) is 0 Å². The van der Waals surface area contributed by atoms with Crippen LogP contribution in [0.1, 0.15) is 35.3 Å².